The van der Waals surface area contributed by atoms with Crippen LogP contribution in [-0.2, 0) is 6.42 Å². The highest BCUT2D eigenvalue weighted by molar-refractivity contribution is 5.84. The number of aromatic carboxylic acids is 1. The highest BCUT2D eigenvalue weighted by atomic mass is 16.5. The lowest BCUT2D eigenvalue weighted by atomic mass is 9.98. The predicted molar refractivity (Wildman–Crippen MR) is 70.7 cm³/mol. The molecule has 0 aliphatic rings. The van der Waals surface area contributed by atoms with Gasteiger partial charge in [-0.15, -0.1) is 0 Å². The smallest absolute Gasteiger partial charge is 0.371 e. The predicted octanol–water partition coefficient (Wildman–Crippen LogP) is 2.84. The number of carboxylic acids is 1. The summed E-state index contributed by atoms with van der Waals surface area (Å²) in [5.74, 6) is -0.770. The standard InChI is InChI=1S/C15H13NO4/c1-19-12-4-2-3-10(8-12)7-11(9-16)13-5-6-14(20-13)15(17)18/h2-6,8,11H,7H2,1H3,(H,17,18). The minimum Gasteiger partial charge on any atom is -0.497 e. The van der Waals surface area contributed by atoms with Crippen molar-refractivity contribution in [1.29, 1.82) is 5.26 Å². The van der Waals surface area contributed by atoms with Crippen molar-refractivity contribution in [2.24, 2.45) is 0 Å². The normalized spacial score (nSPS) is 11.6. The van der Waals surface area contributed by atoms with Crippen LogP contribution in [0.5, 0.6) is 5.75 Å². The molecule has 0 amide bonds. The number of carboxylic acid groups (broad SMARTS) is 1. The number of benzene rings is 1. The van der Waals surface area contributed by atoms with Crippen LogP contribution in [0.25, 0.3) is 0 Å². The van der Waals surface area contributed by atoms with E-state index >= 15 is 0 Å². The van der Waals surface area contributed by atoms with Gasteiger partial charge in [0.15, 0.2) is 0 Å². The van der Waals surface area contributed by atoms with Crippen molar-refractivity contribution in [3.8, 4) is 11.8 Å². The molecule has 0 saturated heterocycles. The molecule has 2 aromatic rings. The van der Waals surface area contributed by atoms with E-state index < -0.39 is 11.9 Å². The van der Waals surface area contributed by atoms with Gasteiger partial charge in [-0.05, 0) is 36.2 Å². The number of furan rings is 1. The van der Waals surface area contributed by atoms with Gasteiger partial charge in [-0.3, -0.25) is 0 Å². The van der Waals surface area contributed by atoms with E-state index in [1.54, 1.807) is 7.11 Å². The Labute approximate surface area is 116 Å². The Morgan fingerprint density at radius 1 is 1.45 bits per heavy atom. The fourth-order valence-corrected chi connectivity index (χ4v) is 1.90. The van der Waals surface area contributed by atoms with Gasteiger partial charge in [0.1, 0.15) is 17.4 Å². The van der Waals surface area contributed by atoms with Crippen molar-refractivity contribution in [1.82, 2.24) is 0 Å². The number of nitriles is 1. The molecule has 20 heavy (non-hydrogen) atoms. The number of ether oxygens (including phenoxy) is 1. The van der Waals surface area contributed by atoms with Crippen LogP contribution in [0.3, 0.4) is 0 Å². The van der Waals surface area contributed by atoms with Gasteiger partial charge < -0.3 is 14.3 Å². The van der Waals surface area contributed by atoms with Crippen molar-refractivity contribution in [2.75, 3.05) is 7.11 Å². The van der Waals surface area contributed by atoms with Gasteiger partial charge in [-0.2, -0.15) is 5.26 Å². The van der Waals surface area contributed by atoms with E-state index in [1.165, 1.54) is 12.1 Å². The third-order valence-corrected chi connectivity index (χ3v) is 2.91. The quantitative estimate of drug-likeness (QED) is 0.904. The maximum Gasteiger partial charge on any atom is 0.371 e. The highest BCUT2D eigenvalue weighted by Gasteiger charge is 2.18. The lowest BCUT2D eigenvalue weighted by Gasteiger charge is -2.07. The molecule has 1 aromatic carbocycles. The van der Waals surface area contributed by atoms with Crippen molar-refractivity contribution < 1.29 is 19.1 Å². The maximum absolute atomic E-state index is 10.8. The van der Waals surface area contributed by atoms with Crippen LogP contribution in [0, 0.1) is 11.3 Å². The molecule has 102 valence electrons. The molecule has 0 aliphatic heterocycles. The van der Waals surface area contributed by atoms with Gasteiger partial charge in [0.25, 0.3) is 0 Å². The molecular formula is C15H13NO4. The zero-order valence-electron chi connectivity index (χ0n) is 10.9. The van der Waals surface area contributed by atoms with Crippen LogP contribution < -0.4 is 4.74 Å². The van der Waals surface area contributed by atoms with E-state index in [0.29, 0.717) is 17.9 Å². The fourth-order valence-electron chi connectivity index (χ4n) is 1.90. The minimum atomic E-state index is -1.14. The molecule has 1 aromatic heterocycles. The summed E-state index contributed by atoms with van der Waals surface area (Å²) >= 11 is 0. The molecule has 1 N–H and O–H groups in total. The Morgan fingerprint density at radius 2 is 2.25 bits per heavy atom. The molecule has 0 spiro atoms. The van der Waals surface area contributed by atoms with E-state index in [0.717, 1.165) is 5.56 Å². The average molecular weight is 271 g/mol. The summed E-state index contributed by atoms with van der Waals surface area (Å²) in [5, 5.41) is 18.0. The fraction of sp³-hybridized carbons (Fsp3) is 0.200. The number of hydrogen-bond acceptors (Lipinski definition) is 4. The molecule has 5 nitrogen and oxygen atoms in total. The molecule has 1 atom stereocenters. The third kappa shape index (κ3) is 2.98. The minimum absolute atomic E-state index is 0.161. The van der Waals surface area contributed by atoms with E-state index in [4.69, 9.17) is 14.3 Å². The van der Waals surface area contributed by atoms with Gasteiger partial charge in [0.2, 0.25) is 5.76 Å². The summed E-state index contributed by atoms with van der Waals surface area (Å²) in [6.07, 6.45) is 0.431. The first-order chi connectivity index (χ1) is 9.63. The third-order valence-electron chi connectivity index (χ3n) is 2.91. The Hall–Kier alpha value is -2.74. The molecule has 0 saturated carbocycles. The zero-order valence-corrected chi connectivity index (χ0v) is 10.9. The van der Waals surface area contributed by atoms with Gasteiger partial charge in [-0.25, -0.2) is 4.79 Å². The van der Waals surface area contributed by atoms with Crippen molar-refractivity contribution in [3.63, 3.8) is 0 Å². The second-order valence-corrected chi connectivity index (χ2v) is 4.24. The van der Waals surface area contributed by atoms with Crippen LogP contribution in [0.15, 0.2) is 40.8 Å². The summed E-state index contributed by atoms with van der Waals surface area (Å²) in [5.41, 5.74) is 0.921. The van der Waals surface area contributed by atoms with E-state index in [9.17, 15) is 10.1 Å². The average Bonchev–Trinajstić information content (AvgIpc) is 2.95. The number of rotatable bonds is 5. The summed E-state index contributed by atoms with van der Waals surface area (Å²) in [6.45, 7) is 0. The molecule has 5 heteroatoms. The van der Waals surface area contributed by atoms with Gasteiger partial charge in [0.05, 0.1) is 13.2 Å². The summed E-state index contributed by atoms with van der Waals surface area (Å²) in [4.78, 5) is 10.8. The van der Waals surface area contributed by atoms with Crippen LogP contribution >= 0.6 is 0 Å². The Balaban J connectivity index is 2.19. The largest absolute Gasteiger partial charge is 0.497 e. The monoisotopic (exact) mass is 271 g/mol. The highest BCUT2D eigenvalue weighted by Crippen LogP contribution is 2.24. The second-order valence-electron chi connectivity index (χ2n) is 4.24. The first kappa shape index (κ1) is 13.7. The van der Waals surface area contributed by atoms with Crippen molar-refractivity contribution in [2.45, 2.75) is 12.3 Å². The van der Waals surface area contributed by atoms with Gasteiger partial charge in [0, 0.05) is 0 Å². The van der Waals surface area contributed by atoms with Crippen LogP contribution in [0.4, 0.5) is 0 Å². The van der Waals surface area contributed by atoms with Crippen molar-refractivity contribution >= 4 is 5.97 Å². The van der Waals surface area contributed by atoms with Gasteiger partial charge >= 0.3 is 5.97 Å². The van der Waals surface area contributed by atoms with E-state index in [2.05, 4.69) is 6.07 Å². The molecule has 0 bridgehead atoms. The molecule has 0 aliphatic carbocycles. The van der Waals surface area contributed by atoms with Crippen LogP contribution in [-0.4, -0.2) is 18.2 Å². The Morgan fingerprint density at radius 3 is 2.85 bits per heavy atom. The second kappa shape index (κ2) is 5.93. The molecule has 0 radical (unpaired) electrons. The topological polar surface area (TPSA) is 83.5 Å². The molecule has 0 fully saturated rings. The first-order valence-electron chi connectivity index (χ1n) is 5.99. The van der Waals surface area contributed by atoms with E-state index in [-0.39, 0.29) is 5.76 Å². The number of methoxy groups -OCH3 is 1. The number of nitrogens with zero attached hydrogens (tertiary/aromatic N) is 1. The van der Waals surface area contributed by atoms with Crippen LogP contribution in [0.2, 0.25) is 0 Å². The van der Waals surface area contributed by atoms with Crippen molar-refractivity contribution in [3.05, 3.63) is 53.5 Å². The van der Waals surface area contributed by atoms with E-state index in [1.807, 2.05) is 24.3 Å². The summed E-state index contributed by atoms with van der Waals surface area (Å²) < 4.78 is 10.3. The lowest BCUT2D eigenvalue weighted by Crippen LogP contribution is -2.00. The Kier molecular flexibility index (Phi) is 4.06. The van der Waals surface area contributed by atoms with Crippen LogP contribution in [0.1, 0.15) is 27.8 Å². The molecular weight excluding hydrogens is 258 g/mol. The summed E-state index contributed by atoms with van der Waals surface area (Å²) in [6, 6.07) is 12.4. The maximum atomic E-state index is 10.8. The summed E-state index contributed by atoms with van der Waals surface area (Å²) in [7, 11) is 1.58. The SMILES string of the molecule is COc1cccc(CC(C#N)c2ccc(C(=O)O)o2)c1. The molecule has 1 unspecified atom stereocenters. The zero-order chi connectivity index (χ0) is 14.5. The van der Waals surface area contributed by atoms with Gasteiger partial charge in [-0.1, -0.05) is 12.1 Å². The Bertz CT molecular complexity index is 654. The number of hydrogen-bond donors (Lipinski definition) is 1. The molecule has 1 heterocycles. The number of carbonyl (C=O) groups is 1. The molecule has 2 rings (SSSR count). The lowest BCUT2D eigenvalue weighted by molar-refractivity contribution is 0.0660. The first-order valence-corrected chi connectivity index (χ1v) is 5.99.